The molecule has 1 saturated heterocycles. The fraction of sp³-hybridized carbons (Fsp3) is 0.500. The molecule has 0 spiro atoms. The van der Waals surface area contributed by atoms with Crippen molar-refractivity contribution in [2.75, 3.05) is 44.3 Å². The lowest BCUT2D eigenvalue weighted by atomic mass is 10.1. The van der Waals surface area contributed by atoms with Gasteiger partial charge in [0.2, 0.25) is 5.91 Å². The molecule has 0 aliphatic carbocycles. The van der Waals surface area contributed by atoms with Gasteiger partial charge in [0.15, 0.2) is 0 Å². The van der Waals surface area contributed by atoms with E-state index in [0.717, 1.165) is 47.3 Å². The number of piperazine rings is 1. The summed E-state index contributed by atoms with van der Waals surface area (Å²) in [5.74, 6) is 0.371. The number of thioether (sulfide) groups is 1. The van der Waals surface area contributed by atoms with Gasteiger partial charge in [0.1, 0.15) is 4.32 Å². The van der Waals surface area contributed by atoms with Crippen LogP contribution in [-0.2, 0) is 4.79 Å². The molecule has 4 nitrogen and oxygen atoms in total. The van der Waals surface area contributed by atoms with Gasteiger partial charge in [-0.15, -0.1) is 0 Å². The number of thiocarbonyl (C=S) groups is 1. The molecule has 1 aliphatic rings. The van der Waals surface area contributed by atoms with E-state index in [4.69, 9.17) is 12.2 Å². The van der Waals surface area contributed by atoms with Crippen LogP contribution >= 0.6 is 24.0 Å². The van der Waals surface area contributed by atoms with E-state index in [1.807, 2.05) is 32.0 Å². The van der Waals surface area contributed by atoms with Crippen LogP contribution in [-0.4, -0.2) is 54.1 Å². The third kappa shape index (κ3) is 4.69. The van der Waals surface area contributed by atoms with E-state index in [0.29, 0.717) is 5.75 Å². The monoisotopic (exact) mass is 338 g/mol. The lowest BCUT2D eigenvalue weighted by Gasteiger charge is -2.31. The summed E-state index contributed by atoms with van der Waals surface area (Å²) in [6.45, 7) is 8.19. The number of rotatable bonds is 3. The molecular weight excluding hydrogens is 314 g/mol. The van der Waals surface area contributed by atoms with E-state index in [9.17, 15) is 4.79 Å². The number of aryl methyl sites for hydroxylation is 2. The lowest BCUT2D eigenvalue weighted by molar-refractivity contribution is -0.883. The Hall–Kier alpha value is -1.11. The minimum Gasteiger partial charge on any atom is -0.346 e. The van der Waals surface area contributed by atoms with Gasteiger partial charge in [-0.2, -0.15) is 0 Å². The van der Waals surface area contributed by atoms with Crippen molar-refractivity contribution in [3.05, 3.63) is 29.3 Å². The van der Waals surface area contributed by atoms with Crippen LogP contribution in [0.1, 0.15) is 11.1 Å². The first-order valence-electron chi connectivity index (χ1n) is 7.56. The van der Waals surface area contributed by atoms with Crippen LogP contribution in [0.25, 0.3) is 0 Å². The van der Waals surface area contributed by atoms with Crippen molar-refractivity contribution in [1.29, 1.82) is 0 Å². The standard InChI is InChI=1S/C16H23N3OS2/c1-12-5-4-6-13(2)15(12)17-14(20)11-22-16(21)19-9-7-18(3)8-10-19/h4-6H,7-11H2,1-3H3,(H,17,20)/p+1. The molecule has 1 aliphatic heterocycles. The Kier molecular flexibility index (Phi) is 6.23. The van der Waals surface area contributed by atoms with Crippen molar-refractivity contribution in [2.45, 2.75) is 13.8 Å². The van der Waals surface area contributed by atoms with E-state index in [-0.39, 0.29) is 5.91 Å². The summed E-state index contributed by atoms with van der Waals surface area (Å²) in [5.41, 5.74) is 3.09. The molecule has 6 heteroatoms. The lowest BCUT2D eigenvalue weighted by Crippen LogP contribution is -3.12. The number of nitrogens with one attached hydrogen (secondary N) is 2. The number of likely N-dealkylation sites (N-methyl/N-ethyl adjacent to an activating group) is 1. The summed E-state index contributed by atoms with van der Waals surface area (Å²) in [7, 11) is 2.20. The maximum absolute atomic E-state index is 12.1. The molecule has 0 saturated carbocycles. The Labute approximate surface area is 142 Å². The summed E-state index contributed by atoms with van der Waals surface area (Å²) in [6.07, 6.45) is 0. The van der Waals surface area contributed by atoms with Crippen LogP contribution in [0.2, 0.25) is 0 Å². The van der Waals surface area contributed by atoms with Crippen LogP contribution < -0.4 is 10.2 Å². The second-order valence-corrected chi connectivity index (χ2v) is 7.42. The fourth-order valence-corrected chi connectivity index (χ4v) is 3.53. The van der Waals surface area contributed by atoms with Crippen LogP contribution in [0.3, 0.4) is 0 Å². The number of hydrogen-bond donors (Lipinski definition) is 2. The fourth-order valence-electron chi connectivity index (χ4n) is 2.48. The first-order valence-corrected chi connectivity index (χ1v) is 8.96. The number of carbonyl (C=O) groups is 1. The predicted molar refractivity (Wildman–Crippen MR) is 97.8 cm³/mol. The van der Waals surface area contributed by atoms with Crippen LogP contribution in [0.4, 0.5) is 5.69 Å². The van der Waals surface area contributed by atoms with Crippen LogP contribution in [0, 0.1) is 13.8 Å². The SMILES string of the molecule is Cc1cccc(C)c1NC(=O)CSC(=S)N1CC[NH+](C)CC1. The third-order valence-electron chi connectivity index (χ3n) is 3.95. The number of amides is 1. The van der Waals surface area contributed by atoms with Gasteiger partial charge >= 0.3 is 0 Å². The van der Waals surface area contributed by atoms with E-state index >= 15 is 0 Å². The normalized spacial score (nSPS) is 15.7. The molecule has 120 valence electrons. The Balaban J connectivity index is 1.81. The summed E-state index contributed by atoms with van der Waals surface area (Å²) in [4.78, 5) is 15.9. The second kappa shape index (κ2) is 7.94. The van der Waals surface area contributed by atoms with Gasteiger partial charge in [0, 0.05) is 5.69 Å². The van der Waals surface area contributed by atoms with Gasteiger partial charge in [0.05, 0.1) is 39.0 Å². The molecule has 1 amide bonds. The smallest absolute Gasteiger partial charge is 0.234 e. The average Bonchev–Trinajstić information content (AvgIpc) is 2.49. The molecule has 0 unspecified atom stereocenters. The number of quaternary nitrogens is 1. The highest BCUT2D eigenvalue weighted by Gasteiger charge is 2.19. The highest BCUT2D eigenvalue weighted by Crippen LogP contribution is 2.20. The molecule has 0 atom stereocenters. The number of hydrogen-bond acceptors (Lipinski definition) is 3. The van der Waals surface area contributed by atoms with E-state index in [1.165, 1.54) is 16.7 Å². The summed E-state index contributed by atoms with van der Waals surface area (Å²) < 4.78 is 0.837. The number of anilines is 1. The highest BCUT2D eigenvalue weighted by atomic mass is 32.2. The first-order chi connectivity index (χ1) is 10.5. The van der Waals surface area contributed by atoms with E-state index in [1.54, 1.807) is 0 Å². The largest absolute Gasteiger partial charge is 0.346 e. The van der Waals surface area contributed by atoms with Gasteiger partial charge in [-0.05, 0) is 25.0 Å². The van der Waals surface area contributed by atoms with E-state index in [2.05, 4.69) is 17.3 Å². The number of benzene rings is 1. The van der Waals surface area contributed by atoms with Crippen molar-refractivity contribution in [3.8, 4) is 0 Å². The van der Waals surface area contributed by atoms with Crippen molar-refractivity contribution in [1.82, 2.24) is 4.90 Å². The molecule has 1 aromatic carbocycles. The van der Waals surface area contributed by atoms with Crippen molar-refractivity contribution < 1.29 is 9.69 Å². The molecule has 22 heavy (non-hydrogen) atoms. The van der Waals surface area contributed by atoms with Crippen molar-refractivity contribution in [3.63, 3.8) is 0 Å². The number of nitrogens with zero attached hydrogens (tertiary/aromatic N) is 1. The maximum atomic E-state index is 12.1. The average molecular weight is 339 g/mol. The highest BCUT2D eigenvalue weighted by molar-refractivity contribution is 8.23. The summed E-state index contributed by atoms with van der Waals surface area (Å²) >= 11 is 6.91. The third-order valence-corrected chi connectivity index (χ3v) is 5.47. The van der Waals surface area contributed by atoms with Crippen LogP contribution in [0.15, 0.2) is 18.2 Å². The van der Waals surface area contributed by atoms with Gasteiger partial charge in [-0.1, -0.05) is 42.2 Å². The molecule has 0 radical (unpaired) electrons. The van der Waals surface area contributed by atoms with Gasteiger partial charge in [0.25, 0.3) is 0 Å². The minimum absolute atomic E-state index is 0.00417. The van der Waals surface area contributed by atoms with Crippen molar-refractivity contribution in [2.24, 2.45) is 0 Å². The Morgan fingerprint density at radius 2 is 1.91 bits per heavy atom. The zero-order valence-corrected chi connectivity index (χ0v) is 15.1. The van der Waals surface area contributed by atoms with Gasteiger partial charge in [-0.25, -0.2) is 0 Å². The minimum atomic E-state index is 0.00417. The number of para-hydroxylation sites is 1. The summed E-state index contributed by atoms with van der Waals surface area (Å²) in [5, 5.41) is 3.00. The Morgan fingerprint density at radius 1 is 1.32 bits per heavy atom. The van der Waals surface area contributed by atoms with Gasteiger partial charge < -0.3 is 15.1 Å². The van der Waals surface area contributed by atoms with Crippen LogP contribution in [0.5, 0.6) is 0 Å². The Bertz CT molecular complexity index is 534. The molecule has 2 N–H and O–H groups in total. The quantitative estimate of drug-likeness (QED) is 0.809. The zero-order valence-electron chi connectivity index (χ0n) is 13.4. The number of carbonyl (C=O) groups excluding carboxylic acids is 1. The first kappa shape index (κ1) is 17.2. The van der Waals surface area contributed by atoms with E-state index < -0.39 is 0 Å². The zero-order chi connectivity index (χ0) is 16.1. The second-order valence-electron chi connectivity index (χ2n) is 5.81. The molecular formula is C16H24N3OS2+. The van der Waals surface area contributed by atoms with Crippen molar-refractivity contribution >= 4 is 39.9 Å². The maximum Gasteiger partial charge on any atom is 0.234 e. The molecule has 1 heterocycles. The predicted octanol–water partition coefficient (Wildman–Crippen LogP) is 1.09. The molecule has 1 aromatic rings. The Morgan fingerprint density at radius 3 is 2.50 bits per heavy atom. The molecule has 2 rings (SSSR count). The van der Waals surface area contributed by atoms with Gasteiger partial charge in [-0.3, -0.25) is 4.79 Å². The molecule has 0 aromatic heterocycles. The molecule has 1 fully saturated rings. The molecule has 0 bridgehead atoms. The summed E-state index contributed by atoms with van der Waals surface area (Å²) in [6, 6.07) is 6.01. The topological polar surface area (TPSA) is 36.8 Å².